The van der Waals surface area contributed by atoms with E-state index >= 15 is 0 Å². The molecule has 1 rings (SSSR count). The van der Waals surface area contributed by atoms with Crippen LogP contribution in [-0.2, 0) is 6.54 Å². The highest BCUT2D eigenvalue weighted by atomic mass is 79.9. The van der Waals surface area contributed by atoms with Crippen molar-refractivity contribution < 1.29 is 0 Å². The van der Waals surface area contributed by atoms with Crippen molar-refractivity contribution in [3.63, 3.8) is 0 Å². The molecule has 0 atom stereocenters. The van der Waals surface area contributed by atoms with Crippen molar-refractivity contribution in [2.45, 2.75) is 26.8 Å². The van der Waals surface area contributed by atoms with Crippen LogP contribution in [0.25, 0.3) is 0 Å². The molecule has 0 amide bonds. The third-order valence-corrected chi connectivity index (χ3v) is 2.83. The molecule has 4 heteroatoms. The summed E-state index contributed by atoms with van der Waals surface area (Å²) in [6.07, 6.45) is 2.65. The summed E-state index contributed by atoms with van der Waals surface area (Å²) in [5, 5.41) is 8.81. The average molecular weight is 269 g/mol. The van der Waals surface area contributed by atoms with Gasteiger partial charge in [-0.15, -0.1) is 0 Å². The number of rotatable bonds is 3. The van der Waals surface area contributed by atoms with Gasteiger partial charge in [-0.25, -0.2) is 0 Å². The highest BCUT2D eigenvalue weighted by molar-refractivity contribution is 9.10. The number of halogens is 1. The zero-order valence-corrected chi connectivity index (χ0v) is 10.4. The summed E-state index contributed by atoms with van der Waals surface area (Å²) in [5.41, 5.74) is -0.0335. The summed E-state index contributed by atoms with van der Waals surface area (Å²) in [4.78, 5) is 11.7. The van der Waals surface area contributed by atoms with Crippen molar-refractivity contribution in [2.24, 2.45) is 5.92 Å². The van der Waals surface area contributed by atoms with E-state index in [2.05, 4.69) is 29.8 Å². The molecule has 1 heterocycles. The summed E-state index contributed by atoms with van der Waals surface area (Å²) >= 11 is 3.19. The molecule has 3 nitrogen and oxygen atoms in total. The van der Waals surface area contributed by atoms with Gasteiger partial charge in [-0.2, -0.15) is 5.26 Å². The molecule has 0 aliphatic carbocycles. The SMILES string of the molecule is CC(C)CCn1ccc(Br)c(C#N)c1=O. The molecule has 0 unspecified atom stereocenters. The Morgan fingerprint density at radius 3 is 2.80 bits per heavy atom. The Balaban J connectivity index is 3.02. The molecule has 1 aromatic rings. The molecule has 15 heavy (non-hydrogen) atoms. The Hall–Kier alpha value is -1.08. The van der Waals surface area contributed by atoms with E-state index in [1.807, 2.05) is 6.07 Å². The van der Waals surface area contributed by atoms with E-state index in [-0.39, 0.29) is 11.1 Å². The molecule has 0 aliphatic rings. The Morgan fingerprint density at radius 1 is 1.60 bits per heavy atom. The maximum atomic E-state index is 11.7. The van der Waals surface area contributed by atoms with Crippen LogP contribution in [0.3, 0.4) is 0 Å². The minimum Gasteiger partial charge on any atom is -0.314 e. The smallest absolute Gasteiger partial charge is 0.269 e. The molecule has 0 aliphatic heterocycles. The molecule has 0 N–H and O–H groups in total. The molecular weight excluding hydrogens is 256 g/mol. The van der Waals surface area contributed by atoms with Gasteiger partial charge in [-0.05, 0) is 34.3 Å². The minimum atomic E-state index is -0.215. The van der Waals surface area contributed by atoms with Crippen LogP contribution >= 0.6 is 15.9 Å². The first-order valence-corrected chi connectivity index (χ1v) is 5.64. The van der Waals surface area contributed by atoms with Gasteiger partial charge in [0.15, 0.2) is 0 Å². The number of nitrogens with zero attached hydrogens (tertiary/aromatic N) is 2. The molecule has 0 spiro atoms. The summed E-state index contributed by atoms with van der Waals surface area (Å²) < 4.78 is 2.15. The second-order valence-corrected chi connectivity index (χ2v) is 4.69. The fraction of sp³-hybridized carbons (Fsp3) is 0.455. The van der Waals surface area contributed by atoms with Crippen LogP contribution in [0.1, 0.15) is 25.8 Å². The van der Waals surface area contributed by atoms with Crippen molar-refractivity contribution in [1.29, 1.82) is 5.26 Å². The first kappa shape index (κ1) is 12.0. The van der Waals surface area contributed by atoms with E-state index in [1.54, 1.807) is 16.8 Å². The van der Waals surface area contributed by atoms with E-state index in [0.29, 0.717) is 16.9 Å². The summed E-state index contributed by atoms with van der Waals surface area (Å²) in [7, 11) is 0. The first-order valence-electron chi connectivity index (χ1n) is 4.85. The molecule has 0 aromatic carbocycles. The van der Waals surface area contributed by atoms with Crippen LogP contribution in [0.2, 0.25) is 0 Å². The number of nitriles is 1. The number of aromatic nitrogens is 1. The van der Waals surface area contributed by atoms with Crippen LogP contribution < -0.4 is 5.56 Å². The van der Waals surface area contributed by atoms with Crippen LogP contribution in [0.4, 0.5) is 0 Å². The van der Waals surface area contributed by atoms with Crippen LogP contribution in [0.15, 0.2) is 21.5 Å². The summed E-state index contributed by atoms with van der Waals surface area (Å²) in [5.74, 6) is 0.547. The lowest BCUT2D eigenvalue weighted by atomic mass is 10.1. The number of hydrogen-bond donors (Lipinski definition) is 0. The number of pyridine rings is 1. The fourth-order valence-corrected chi connectivity index (χ4v) is 1.60. The van der Waals surface area contributed by atoms with Gasteiger partial charge in [-0.3, -0.25) is 4.79 Å². The Morgan fingerprint density at radius 2 is 2.27 bits per heavy atom. The van der Waals surface area contributed by atoms with E-state index in [0.717, 1.165) is 6.42 Å². The lowest BCUT2D eigenvalue weighted by Gasteiger charge is -2.08. The van der Waals surface area contributed by atoms with E-state index in [1.165, 1.54) is 0 Å². The van der Waals surface area contributed by atoms with Gasteiger partial charge in [0.25, 0.3) is 5.56 Å². The maximum absolute atomic E-state index is 11.7. The highest BCUT2D eigenvalue weighted by Gasteiger charge is 2.07. The van der Waals surface area contributed by atoms with Gasteiger partial charge < -0.3 is 4.57 Å². The minimum absolute atomic E-state index is 0.182. The Labute approximate surface area is 97.5 Å². The van der Waals surface area contributed by atoms with Crippen LogP contribution in [0, 0.1) is 17.2 Å². The predicted molar refractivity (Wildman–Crippen MR) is 62.6 cm³/mol. The average Bonchev–Trinajstić information content (AvgIpc) is 2.17. The first-order chi connectivity index (χ1) is 7.06. The molecule has 0 bridgehead atoms. The fourth-order valence-electron chi connectivity index (χ4n) is 1.23. The predicted octanol–water partition coefficient (Wildman–Crippen LogP) is 2.53. The molecule has 80 valence electrons. The highest BCUT2D eigenvalue weighted by Crippen LogP contribution is 2.11. The Kier molecular flexibility index (Phi) is 4.10. The molecule has 0 saturated carbocycles. The Bertz CT molecular complexity index is 443. The molecule has 0 saturated heterocycles. The van der Waals surface area contributed by atoms with Gasteiger partial charge in [0.1, 0.15) is 11.6 Å². The van der Waals surface area contributed by atoms with Crippen molar-refractivity contribution in [2.75, 3.05) is 0 Å². The maximum Gasteiger partial charge on any atom is 0.269 e. The number of hydrogen-bond acceptors (Lipinski definition) is 2. The normalized spacial score (nSPS) is 10.3. The van der Waals surface area contributed by atoms with Gasteiger partial charge in [-0.1, -0.05) is 13.8 Å². The molecule has 1 aromatic heterocycles. The largest absolute Gasteiger partial charge is 0.314 e. The van der Waals surface area contributed by atoms with Gasteiger partial charge in [0.2, 0.25) is 0 Å². The standard InChI is InChI=1S/C11H13BrN2O/c1-8(2)3-5-14-6-4-10(12)9(7-13)11(14)15/h4,6,8H,3,5H2,1-2H3. The molecule has 0 fully saturated rings. The lowest BCUT2D eigenvalue weighted by Crippen LogP contribution is -2.22. The monoisotopic (exact) mass is 268 g/mol. The topological polar surface area (TPSA) is 45.8 Å². The van der Waals surface area contributed by atoms with Gasteiger partial charge in [0.05, 0.1) is 0 Å². The summed E-state index contributed by atoms with van der Waals surface area (Å²) in [6.45, 7) is 4.88. The van der Waals surface area contributed by atoms with Crippen molar-refractivity contribution >= 4 is 15.9 Å². The zero-order valence-electron chi connectivity index (χ0n) is 8.83. The second kappa shape index (κ2) is 5.13. The quantitative estimate of drug-likeness (QED) is 0.846. The van der Waals surface area contributed by atoms with Crippen molar-refractivity contribution in [3.8, 4) is 6.07 Å². The van der Waals surface area contributed by atoms with Crippen LogP contribution in [-0.4, -0.2) is 4.57 Å². The lowest BCUT2D eigenvalue weighted by molar-refractivity contribution is 0.507. The second-order valence-electron chi connectivity index (χ2n) is 3.83. The summed E-state index contributed by atoms with van der Waals surface area (Å²) in [6, 6.07) is 3.65. The van der Waals surface area contributed by atoms with E-state index < -0.39 is 0 Å². The van der Waals surface area contributed by atoms with Crippen molar-refractivity contribution in [1.82, 2.24) is 4.57 Å². The van der Waals surface area contributed by atoms with E-state index in [9.17, 15) is 4.79 Å². The third kappa shape index (κ3) is 2.93. The molecular formula is C11H13BrN2O. The van der Waals surface area contributed by atoms with Crippen molar-refractivity contribution in [3.05, 3.63) is 32.7 Å². The van der Waals surface area contributed by atoms with Crippen LogP contribution in [0.5, 0.6) is 0 Å². The van der Waals surface area contributed by atoms with Gasteiger partial charge in [0, 0.05) is 17.2 Å². The number of aryl methyl sites for hydroxylation is 1. The zero-order chi connectivity index (χ0) is 11.4. The van der Waals surface area contributed by atoms with E-state index in [4.69, 9.17) is 5.26 Å². The van der Waals surface area contributed by atoms with Gasteiger partial charge >= 0.3 is 0 Å². The third-order valence-electron chi connectivity index (χ3n) is 2.17. The molecule has 0 radical (unpaired) electrons.